The summed E-state index contributed by atoms with van der Waals surface area (Å²) in [5.41, 5.74) is 5.16. The first kappa shape index (κ1) is 26.4. The van der Waals surface area contributed by atoms with Gasteiger partial charge in [-0.2, -0.15) is 5.10 Å². The number of hydrogen-bond acceptors (Lipinski definition) is 7. The number of aryl methyl sites for hydroxylation is 1. The highest BCUT2D eigenvalue weighted by atomic mass is 16.5. The van der Waals surface area contributed by atoms with E-state index in [0.717, 1.165) is 53.5 Å². The van der Waals surface area contributed by atoms with Crippen molar-refractivity contribution >= 4 is 28.8 Å². The summed E-state index contributed by atoms with van der Waals surface area (Å²) in [5, 5.41) is 13.9. The van der Waals surface area contributed by atoms with Gasteiger partial charge in [-0.25, -0.2) is 9.50 Å². The number of hydrogen-bond donors (Lipinski definition) is 3. The number of fused-ring (bicyclic) bond motifs is 1. The van der Waals surface area contributed by atoms with E-state index in [0.29, 0.717) is 30.9 Å². The van der Waals surface area contributed by atoms with Crippen LogP contribution in [-0.2, 0) is 4.74 Å². The molecule has 0 spiro atoms. The molecule has 0 radical (unpaired) electrons. The van der Waals surface area contributed by atoms with Gasteiger partial charge in [0.1, 0.15) is 5.82 Å². The van der Waals surface area contributed by atoms with Crippen molar-refractivity contribution < 1.29 is 14.3 Å². The van der Waals surface area contributed by atoms with Crippen molar-refractivity contribution in [1.29, 1.82) is 0 Å². The molecule has 10 nitrogen and oxygen atoms in total. The van der Waals surface area contributed by atoms with Crippen LogP contribution in [0.25, 0.3) is 5.52 Å². The monoisotopic (exact) mass is 529 g/mol. The maximum Gasteiger partial charge on any atom is 0.255 e. The lowest BCUT2D eigenvalue weighted by Crippen LogP contribution is -2.37. The fourth-order valence-corrected chi connectivity index (χ4v) is 4.89. The zero-order valence-electron chi connectivity index (χ0n) is 22.9. The third-order valence-electron chi connectivity index (χ3n) is 7.24. The summed E-state index contributed by atoms with van der Waals surface area (Å²) < 4.78 is 7.16. The van der Waals surface area contributed by atoms with Gasteiger partial charge in [0.2, 0.25) is 0 Å². The highest BCUT2D eigenvalue weighted by Crippen LogP contribution is 2.37. The average Bonchev–Trinajstić information content (AvgIpc) is 3.28. The molecule has 1 aliphatic carbocycles. The van der Waals surface area contributed by atoms with Crippen molar-refractivity contribution in [2.75, 3.05) is 43.1 Å². The third kappa shape index (κ3) is 5.51. The highest BCUT2D eigenvalue weighted by molar-refractivity contribution is 5.99. The zero-order chi connectivity index (χ0) is 27.6. The molecule has 0 bridgehead atoms. The summed E-state index contributed by atoms with van der Waals surface area (Å²) in [5.74, 6) is 0.470. The quantitative estimate of drug-likeness (QED) is 0.428. The van der Waals surface area contributed by atoms with E-state index in [4.69, 9.17) is 4.74 Å². The van der Waals surface area contributed by atoms with Crippen molar-refractivity contribution in [3.63, 3.8) is 0 Å². The second-order valence-electron chi connectivity index (χ2n) is 10.5. The van der Waals surface area contributed by atoms with Crippen LogP contribution in [-0.4, -0.2) is 59.3 Å². The maximum absolute atomic E-state index is 13.2. The van der Waals surface area contributed by atoms with E-state index in [1.807, 2.05) is 38.1 Å². The molecule has 0 aromatic carbocycles. The Kier molecular flexibility index (Phi) is 7.38. The number of morpholine rings is 1. The Labute approximate surface area is 228 Å². The minimum absolute atomic E-state index is 0.121. The lowest BCUT2D eigenvalue weighted by molar-refractivity contribution is 0.0951. The van der Waals surface area contributed by atoms with Crippen molar-refractivity contribution in [2.45, 2.75) is 34.1 Å². The van der Waals surface area contributed by atoms with Gasteiger partial charge >= 0.3 is 0 Å². The summed E-state index contributed by atoms with van der Waals surface area (Å²) >= 11 is 0. The second kappa shape index (κ2) is 10.9. The van der Waals surface area contributed by atoms with Gasteiger partial charge in [0, 0.05) is 60.6 Å². The number of carbonyl (C=O) groups excluding carboxylic acids is 2. The molecule has 4 heterocycles. The van der Waals surface area contributed by atoms with Gasteiger partial charge in [0.05, 0.1) is 30.0 Å². The summed E-state index contributed by atoms with van der Waals surface area (Å²) in [6.07, 6.45) is 9.90. The summed E-state index contributed by atoms with van der Waals surface area (Å²) in [4.78, 5) is 32.3. The smallest absolute Gasteiger partial charge is 0.255 e. The molecule has 3 aromatic heterocycles. The molecule has 1 fully saturated rings. The van der Waals surface area contributed by atoms with Crippen molar-refractivity contribution in [2.24, 2.45) is 5.41 Å². The van der Waals surface area contributed by atoms with Gasteiger partial charge in [-0.3, -0.25) is 9.59 Å². The Morgan fingerprint density at radius 2 is 1.92 bits per heavy atom. The van der Waals surface area contributed by atoms with Gasteiger partial charge in [-0.15, -0.1) is 0 Å². The first-order valence-electron chi connectivity index (χ1n) is 13.3. The molecule has 10 heteroatoms. The van der Waals surface area contributed by atoms with E-state index in [1.54, 1.807) is 29.2 Å². The summed E-state index contributed by atoms with van der Waals surface area (Å²) in [6.45, 7) is 11.5. The van der Waals surface area contributed by atoms with Crippen LogP contribution in [0.3, 0.4) is 0 Å². The Bertz CT molecular complexity index is 1460. The van der Waals surface area contributed by atoms with Gasteiger partial charge in [-0.1, -0.05) is 19.9 Å². The molecule has 1 saturated heterocycles. The molecule has 2 amide bonds. The average molecular weight is 530 g/mol. The number of amides is 2. The molecule has 0 saturated carbocycles. The van der Waals surface area contributed by atoms with E-state index in [1.165, 1.54) is 0 Å². The number of nitrogens with zero attached hydrogens (tertiary/aromatic N) is 4. The largest absolute Gasteiger partial charge is 0.378 e. The predicted molar refractivity (Wildman–Crippen MR) is 151 cm³/mol. The standard InChI is InChI=1S/C29H35N7O3/c1-5-30-28(38)22-18-36-26(19(22)2)23(8-11-32-36)34-24-17-21(6-9-29(24,3)4)33-27(37)20-7-10-31-25(16-20)35-12-14-39-15-13-35/h6-8,10-11,16-18,34H,5,9,12-15H2,1-4H3,(H,30,38)(H,33,37). The number of aromatic nitrogens is 3. The van der Waals surface area contributed by atoms with Gasteiger partial charge in [0.25, 0.3) is 11.8 Å². The SMILES string of the molecule is CCNC(=O)c1cn2nccc(NC3=CC(NC(=O)c4ccnc(N5CCOCC5)c4)=CCC3(C)C)c2c1C. The van der Waals surface area contributed by atoms with Crippen LogP contribution in [0.4, 0.5) is 11.5 Å². The Balaban J connectivity index is 1.38. The maximum atomic E-state index is 13.2. The number of anilines is 2. The Hall–Kier alpha value is -4.18. The number of ether oxygens (including phenoxy) is 1. The number of pyridine rings is 1. The highest BCUT2D eigenvalue weighted by Gasteiger charge is 2.28. The van der Waals surface area contributed by atoms with Crippen LogP contribution >= 0.6 is 0 Å². The molecule has 204 valence electrons. The van der Waals surface area contributed by atoms with Crippen molar-refractivity contribution in [3.05, 3.63) is 77.0 Å². The first-order chi connectivity index (χ1) is 18.8. The molecule has 3 aromatic rings. The molecular formula is C29H35N7O3. The van der Waals surface area contributed by atoms with Crippen molar-refractivity contribution in [3.8, 4) is 0 Å². The molecular weight excluding hydrogens is 494 g/mol. The van der Waals surface area contributed by atoms with Gasteiger partial charge in [-0.05, 0) is 50.1 Å². The molecule has 0 unspecified atom stereocenters. The van der Waals surface area contributed by atoms with E-state index in [2.05, 4.69) is 44.8 Å². The van der Waals surface area contributed by atoms with Crippen LogP contribution in [0.15, 0.2) is 60.3 Å². The van der Waals surface area contributed by atoms with Gasteiger partial charge in [0.15, 0.2) is 0 Å². The normalized spacial score (nSPS) is 16.9. The topological polar surface area (TPSA) is 113 Å². The molecule has 0 atom stereocenters. The van der Waals surface area contributed by atoms with E-state index >= 15 is 0 Å². The van der Waals surface area contributed by atoms with Gasteiger partial charge < -0.3 is 25.6 Å². The minimum Gasteiger partial charge on any atom is -0.378 e. The fraction of sp³-hybridized carbons (Fsp3) is 0.379. The van der Waals surface area contributed by atoms with Crippen LogP contribution in [0.2, 0.25) is 0 Å². The minimum atomic E-state index is -0.197. The fourth-order valence-electron chi connectivity index (χ4n) is 4.89. The summed E-state index contributed by atoms with van der Waals surface area (Å²) in [7, 11) is 0. The van der Waals surface area contributed by atoms with E-state index in [-0.39, 0.29) is 17.2 Å². The number of allylic oxidation sites excluding steroid dienone is 3. The summed E-state index contributed by atoms with van der Waals surface area (Å²) in [6, 6.07) is 5.46. The van der Waals surface area contributed by atoms with Crippen molar-refractivity contribution in [1.82, 2.24) is 25.2 Å². The molecule has 3 N–H and O–H groups in total. The van der Waals surface area contributed by atoms with Crippen LogP contribution in [0.1, 0.15) is 53.5 Å². The number of nitrogens with one attached hydrogen (secondary N) is 3. The lowest BCUT2D eigenvalue weighted by atomic mass is 9.81. The molecule has 2 aliphatic rings. The first-order valence-corrected chi connectivity index (χ1v) is 13.3. The molecule has 1 aliphatic heterocycles. The lowest BCUT2D eigenvalue weighted by Gasteiger charge is -2.32. The third-order valence-corrected chi connectivity index (χ3v) is 7.24. The predicted octanol–water partition coefficient (Wildman–Crippen LogP) is 3.66. The zero-order valence-corrected chi connectivity index (χ0v) is 22.9. The Morgan fingerprint density at radius 3 is 2.69 bits per heavy atom. The number of rotatable bonds is 7. The van der Waals surface area contributed by atoms with Crippen LogP contribution in [0.5, 0.6) is 0 Å². The number of carbonyl (C=O) groups is 2. The van der Waals surface area contributed by atoms with E-state index in [9.17, 15) is 9.59 Å². The Morgan fingerprint density at radius 1 is 1.13 bits per heavy atom. The van der Waals surface area contributed by atoms with E-state index < -0.39 is 0 Å². The van der Waals surface area contributed by atoms with Crippen LogP contribution < -0.4 is 20.9 Å². The van der Waals surface area contributed by atoms with Crippen LogP contribution in [0, 0.1) is 12.3 Å². The second-order valence-corrected chi connectivity index (χ2v) is 10.5. The molecule has 39 heavy (non-hydrogen) atoms. The molecule has 5 rings (SSSR count).